The second kappa shape index (κ2) is 3.63. The molecular weight excluding hydrogens is 207 g/mol. The lowest BCUT2D eigenvalue weighted by Gasteiger charge is -2.32. The molecule has 1 N–H and O–H groups in total. The minimum atomic E-state index is -0.256. The van der Waals surface area contributed by atoms with Gasteiger partial charge in [-0.15, -0.1) is 0 Å². The van der Waals surface area contributed by atoms with Gasteiger partial charge in [0.1, 0.15) is 0 Å². The zero-order chi connectivity index (χ0) is 11.1. The van der Waals surface area contributed by atoms with E-state index in [1.54, 1.807) is 6.07 Å². The summed E-state index contributed by atoms with van der Waals surface area (Å²) in [6, 6.07) is 3.93. The fourth-order valence-electron chi connectivity index (χ4n) is 2.69. The summed E-state index contributed by atoms with van der Waals surface area (Å²) in [5.41, 5.74) is 2.25. The van der Waals surface area contributed by atoms with Crippen LogP contribution in [0.1, 0.15) is 5.56 Å². The predicted molar refractivity (Wildman–Crippen MR) is 60.7 cm³/mol. The van der Waals surface area contributed by atoms with Crippen molar-refractivity contribution in [3.63, 3.8) is 0 Å². The first-order valence-corrected chi connectivity index (χ1v) is 5.63. The molecule has 1 aromatic carbocycles. The highest BCUT2D eigenvalue weighted by molar-refractivity contribution is 5.63. The van der Waals surface area contributed by atoms with Crippen LogP contribution < -0.4 is 15.0 Å². The van der Waals surface area contributed by atoms with E-state index < -0.39 is 0 Å². The smallest absolute Gasteiger partial charge is 0.165 e. The molecule has 3 nitrogen and oxygen atoms in total. The molecule has 3 rings (SSSR count). The molecule has 16 heavy (non-hydrogen) atoms. The van der Waals surface area contributed by atoms with Crippen molar-refractivity contribution < 1.29 is 9.13 Å². The average molecular weight is 222 g/mol. The van der Waals surface area contributed by atoms with Crippen LogP contribution in [0.15, 0.2) is 12.1 Å². The molecule has 0 saturated carbocycles. The zero-order valence-electron chi connectivity index (χ0n) is 9.29. The first-order chi connectivity index (χ1) is 7.79. The van der Waals surface area contributed by atoms with Crippen LogP contribution in [0.25, 0.3) is 0 Å². The monoisotopic (exact) mass is 222 g/mol. The molecule has 2 aliphatic heterocycles. The number of methoxy groups -OCH3 is 1. The maximum Gasteiger partial charge on any atom is 0.165 e. The molecule has 0 aliphatic carbocycles. The number of anilines is 1. The Balaban J connectivity index is 2.02. The van der Waals surface area contributed by atoms with Gasteiger partial charge in [0.2, 0.25) is 0 Å². The number of rotatable bonds is 1. The quantitative estimate of drug-likeness (QED) is 0.772. The first kappa shape index (κ1) is 9.90. The number of halogens is 1. The van der Waals surface area contributed by atoms with Gasteiger partial charge in [-0.2, -0.15) is 0 Å². The van der Waals surface area contributed by atoms with Crippen LogP contribution in [0.2, 0.25) is 0 Å². The second-order valence-electron chi connectivity index (χ2n) is 4.37. The number of nitrogens with zero attached hydrogens (tertiary/aromatic N) is 1. The summed E-state index contributed by atoms with van der Waals surface area (Å²) in [6.07, 6.45) is 0.934. The van der Waals surface area contributed by atoms with Gasteiger partial charge in [0, 0.05) is 37.4 Å². The Labute approximate surface area is 94.2 Å². The number of fused-ring (bicyclic) bond motifs is 3. The van der Waals surface area contributed by atoms with E-state index >= 15 is 0 Å². The largest absolute Gasteiger partial charge is 0.494 e. The molecule has 0 spiro atoms. The molecule has 1 aromatic rings. The van der Waals surface area contributed by atoms with Gasteiger partial charge in [0.05, 0.1) is 7.11 Å². The Morgan fingerprint density at radius 3 is 3.19 bits per heavy atom. The highest BCUT2D eigenvalue weighted by Gasteiger charge is 2.32. The van der Waals surface area contributed by atoms with E-state index in [2.05, 4.69) is 10.2 Å². The van der Waals surface area contributed by atoms with Crippen LogP contribution in [0.3, 0.4) is 0 Å². The van der Waals surface area contributed by atoms with E-state index in [0.29, 0.717) is 11.8 Å². The third kappa shape index (κ3) is 1.37. The number of piperazine rings is 1. The van der Waals surface area contributed by atoms with Crippen LogP contribution in [-0.2, 0) is 6.42 Å². The van der Waals surface area contributed by atoms with Gasteiger partial charge in [-0.3, -0.25) is 0 Å². The van der Waals surface area contributed by atoms with E-state index in [0.717, 1.165) is 37.3 Å². The van der Waals surface area contributed by atoms with Crippen LogP contribution in [-0.4, -0.2) is 32.8 Å². The summed E-state index contributed by atoms with van der Waals surface area (Å²) in [7, 11) is 1.51. The van der Waals surface area contributed by atoms with Crippen LogP contribution in [0.5, 0.6) is 5.75 Å². The second-order valence-corrected chi connectivity index (χ2v) is 4.37. The standard InChI is InChI=1S/C12H15FN2O/c1-16-12-6-11-8(5-10(12)13)4-9-7-14-2-3-15(9)11/h5-6,9,14H,2-4,7H2,1H3. The van der Waals surface area contributed by atoms with E-state index in [4.69, 9.17) is 4.74 Å². The highest BCUT2D eigenvalue weighted by atomic mass is 19.1. The maximum atomic E-state index is 13.6. The van der Waals surface area contributed by atoms with E-state index in [-0.39, 0.29) is 5.82 Å². The first-order valence-electron chi connectivity index (χ1n) is 5.63. The van der Waals surface area contributed by atoms with E-state index in [1.807, 2.05) is 6.07 Å². The summed E-state index contributed by atoms with van der Waals surface area (Å²) < 4.78 is 18.6. The predicted octanol–water partition coefficient (Wildman–Crippen LogP) is 1.17. The lowest BCUT2D eigenvalue weighted by Crippen LogP contribution is -2.49. The molecule has 0 aromatic heterocycles. The van der Waals surface area contributed by atoms with Crippen molar-refractivity contribution in [1.29, 1.82) is 0 Å². The lowest BCUT2D eigenvalue weighted by atomic mass is 10.1. The normalized spacial score (nSPS) is 22.9. The number of ether oxygens (including phenoxy) is 1. The van der Waals surface area contributed by atoms with Crippen LogP contribution in [0, 0.1) is 5.82 Å². The minimum absolute atomic E-state index is 0.256. The van der Waals surface area contributed by atoms with Crippen molar-refractivity contribution in [1.82, 2.24) is 5.32 Å². The SMILES string of the molecule is COc1cc2c(cc1F)CC1CNCCN21. The molecule has 2 heterocycles. The molecule has 86 valence electrons. The fraction of sp³-hybridized carbons (Fsp3) is 0.500. The van der Waals surface area contributed by atoms with Gasteiger partial charge in [0.25, 0.3) is 0 Å². The summed E-state index contributed by atoms with van der Waals surface area (Å²) in [5.74, 6) is 0.0898. The number of benzene rings is 1. The van der Waals surface area contributed by atoms with Crippen molar-refractivity contribution in [2.24, 2.45) is 0 Å². The Morgan fingerprint density at radius 2 is 2.38 bits per heavy atom. The number of nitrogens with one attached hydrogen (secondary N) is 1. The van der Waals surface area contributed by atoms with Crippen molar-refractivity contribution in [3.05, 3.63) is 23.5 Å². The zero-order valence-corrected chi connectivity index (χ0v) is 9.29. The molecule has 2 aliphatic rings. The summed E-state index contributed by atoms with van der Waals surface area (Å²) in [4.78, 5) is 2.35. The number of hydrogen-bond acceptors (Lipinski definition) is 3. The van der Waals surface area contributed by atoms with Crippen molar-refractivity contribution >= 4 is 5.69 Å². The van der Waals surface area contributed by atoms with Crippen molar-refractivity contribution in [2.45, 2.75) is 12.5 Å². The van der Waals surface area contributed by atoms with Gasteiger partial charge < -0.3 is 15.0 Å². The summed E-state index contributed by atoms with van der Waals surface area (Å²) in [6.45, 7) is 2.97. The molecule has 1 fully saturated rings. The molecule has 0 bridgehead atoms. The van der Waals surface area contributed by atoms with Gasteiger partial charge >= 0.3 is 0 Å². The topological polar surface area (TPSA) is 24.5 Å². The molecule has 0 amide bonds. The van der Waals surface area contributed by atoms with Gasteiger partial charge in [-0.25, -0.2) is 4.39 Å². The summed E-state index contributed by atoms with van der Waals surface area (Å²) in [5, 5.41) is 3.37. The molecule has 1 unspecified atom stereocenters. The molecular formula is C12H15FN2O. The molecule has 1 atom stereocenters. The molecule has 1 saturated heterocycles. The summed E-state index contributed by atoms with van der Waals surface area (Å²) >= 11 is 0. The maximum absolute atomic E-state index is 13.6. The van der Waals surface area contributed by atoms with Crippen LogP contribution in [0.4, 0.5) is 10.1 Å². The van der Waals surface area contributed by atoms with E-state index in [1.165, 1.54) is 7.11 Å². The molecule has 4 heteroatoms. The third-order valence-electron chi connectivity index (χ3n) is 3.47. The lowest BCUT2D eigenvalue weighted by molar-refractivity contribution is 0.386. The third-order valence-corrected chi connectivity index (χ3v) is 3.47. The Morgan fingerprint density at radius 1 is 1.50 bits per heavy atom. The Bertz CT molecular complexity index is 422. The Kier molecular flexibility index (Phi) is 2.24. The van der Waals surface area contributed by atoms with Gasteiger partial charge in [-0.05, 0) is 18.1 Å². The molecule has 0 radical (unpaired) electrons. The van der Waals surface area contributed by atoms with Crippen molar-refractivity contribution in [3.8, 4) is 5.75 Å². The highest BCUT2D eigenvalue weighted by Crippen LogP contribution is 2.37. The van der Waals surface area contributed by atoms with E-state index in [9.17, 15) is 4.39 Å². The minimum Gasteiger partial charge on any atom is -0.494 e. The van der Waals surface area contributed by atoms with Crippen molar-refractivity contribution in [2.75, 3.05) is 31.6 Å². The average Bonchev–Trinajstić information content (AvgIpc) is 2.65. The fourth-order valence-corrected chi connectivity index (χ4v) is 2.69. The van der Waals surface area contributed by atoms with Gasteiger partial charge in [0.15, 0.2) is 11.6 Å². The Hall–Kier alpha value is -1.29. The van der Waals surface area contributed by atoms with Gasteiger partial charge in [-0.1, -0.05) is 0 Å². The number of hydrogen-bond donors (Lipinski definition) is 1. The van der Waals surface area contributed by atoms with Crippen LogP contribution >= 0.6 is 0 Å².